The maximum absolute atomic E-state index is 13.8. The van der Waals surface area contributed by atoms with Gasteiger partial charge in [0.15, 0.2) is 0 Å². The maximum Gasteiger partial charge on any atom is 0.252 e. The monoisotopic (exact) mass is 378 g/mol. The minimum Gasteiger partial charge on any atom is -0.365 e. The van der Waals surface area contributed by atoms with E-state index in [1.54, 1.807) is 0 Å². The van der Waals surface area contributed by atoms with E-state index < -0.39 is 11.6 Å². The molecule has 1 saturated carbocycles. The third-order valence-corrected chi connectivity index (χ3v) is 6.26. The Labute approximate surface area is 159 Å². The van der Waals surface area contributed by atoms with E-state index in [0.29, 0.717) is 18.2 Å². The van der Waals surface area contributed by atoms with Gasteiger partial charge < -0.3 is 9.64 Å². The van der Waals surface area contributed by atoms with Gasteiger partial charge in [0.2, 0.25) is 0 Å². The third-order valence-electron chi connectivity index (χ3n) is 6.26. The van der Waals surface area contributed by atoms with E-state index in [0.717, 1.165) is 57.8 Å². The molecule has 0 spiro atoms. The van der Waals surface area contributed by atoms with E-state index in [2.05, 4.69) is 4.90 Å². The van der Waals surface area contributed by atoms with Crippen LogP contribution in [0.5, 0.6) is 0 Å². The first-order chi connectivity index (χ1) is 13.1. The number of piperidine rings is 1. The highest BCUT2D eigenvalue weighted by Gasteiger charge is 2.39. The van der Waals surface area contributed by atoms with Crippen LogP contribution >= 0.6 is 0 Å². The Morgan fingerprint density at radius 3 is 2.44 bits per heavy atom. The van der Waals surface area contributed by atoms with Crippen molar-refractivity contribution in [1.29, 1.82) is 0 Å². The van der Waals surface area contributed by atoms with Crippen LogP contribution in [0.15, 0.2) is 18.2 Å². The first-order valence-electron chi connectivity index (χ1n) is 10.2. The van der Waals surface area contributed by atoms with Gasteiger partial charge in [-0.1, -0.05) is 18.9 Å². The van der Waals surface area contributed by atoms with E-state index in [1.807, 2.05) is 4.90 Å². The predicted octanol–water partition coefficient (Wildman–Crippen LogP) is 3.49. The molecule has 1 aromatic carbocycles. The van der Waals surface area contributed by atoms with Crippen LogP contribution in [-0.4, -0.2) is 53.6 Å². The first-order valence-corrected chi connectivity index (χ1v) is 10.2. The molecule has 3 aliphatic rings. The normalized spacial score (nSPS) is 25.6. The highest BCUT2D eigenvalue weighted by molar-refractivity contribution is 5.83. The van der Waals surface area contributed by atoms with Gasteiger partial charge in [-0.25, -0.2) is 8.78 Å². The van der Waals surface area contributed by atoms with Crippen molar-refractivity contribution < 1.29 is 18.3 Å². The van der Waals surface area contributed by atoms with Gasteiger partial charge in [0, 0.05) is 50.3 Å². The highest BCUT2D eigenvalue weighted by atomic mass is 19.1. The molecule has 1 unspecified atom stereocenters. The lowest BCUT2D eigenvalue weighted by Gasteiger charge is -2.33. The summed E-state index contributed by atoms with van der Waals surface area (Å²) in [6.07, 6.45) is 7.03. The number of nitrogens with zero attached hydrogens (tertiary/aromatic N) is 2. The number of rotatable bonds is 5. The molecular weight excluding hydrogens is 350 g/mol. The molecule has 0 radical (unpaired) electrons. The molecule has 4 rings (SSSR count). The lowest BCUT2D eigenvalue weighted by molar-refractivity contribution is -0.143. The molecule has 2 heterocycles. The lowest BCUT2D eigenvalue weighted by atomic mass is 10.1. The summed E-state index contributed by atoms with van der Waals surface area (Å²) >= 11 is 0. The van der Waals surface area contributed by atoms with Crippen molar-refractivity contribution >= 4 is 5.91 Å². The average molecular weight is 378 g/mol. The number of ether oxygens (including phenoxy) is 1. The van der Waals surface area contributed by atoms with Crippen LogP contribution in [0.25, 0.3) is 0 Å². The zero-order valence-electron chi connectivity index (χ0n) is 15.7. The van der Waals surface area contributed by atoms with Crippen molar-refractivity contribution in [1.82, 2.24) is 9.80 Å². The van der Waals surface area contributed by atoms with Crippen LogP contribution in [0.3, 0.4) is 0 Å². The maximum atomic E-state index is 13.8. The molecule has 3 fully saturated rings. The number of likely N-dealkylation sites (tertiary alicyclic amines) is 2. The smallest absolute Gasteiger partial charge is 0.252 e. The molecule has 0 aromatic heterocycles. The standard InChI is InChI=1S/C21H28F2N2O2/c22-16-6-5-15(19(23)13-16)14-24-10-7-18(8-11-24)27-20-9-12-25(21(20)26)17-3-1-2-4-17/h5-6,13,17-18,20H,1-4,7-12,14H2. The van der Waals surface area contributed by atoms with Crippen molar-refractivity contribution in [3.05, 3.63) is 35.4 Å². The first kappa shape index (κ1) is 18.8. The van der Waals surface area contributed by atoms with Crippen LogP contribution in [-0.2, 0) is 16.1 Å². The van der Waals surface area contributed by atoms with Crippen LogP contribution in [0.1, 0.15) is 50.5 Å². The van der Waals surface area contributed by atoms with Gasteiger partial charge in [-0.15, -0.1) is 0 Å². The van der Waals surface area contributed by atoms with Crippen molar-refractivity contribution in [3.8, 4) is 0 Å². The fraction of sp³-hybridized carbons (Fsp3) is 0.667. The molecule has 0 N–H and O–H groups in total. The molecular formula is C21H28F2N2O2. The summed E-state index contributed by atoms with van der Waals surface area (Å²) in [5.74, 6) is -0.856. The SMILES string of the molecule is O=C1C(OC2CCN(Cc3ccc(F)cc3F)CC2)CCN1C1CCCC1. The van der Waals surface area contributed by atoms with Crippen LogP contribution in [0.4, 0.5) is 8.78 Å². The second-order valence-electron chi connectivity index (χ2n) is 8.09. The Morgan fingerprint density at radius 1 is 1.00 bits per heavy atom. The predicted molar refractivity (Wildman–Crippen MR) is 98.1 cm³/mol. The lowest BCUT2D eigenvalue weighted by Crippen LogP contribution is -2.41. The molecule has 148 valence electrons. The summed E-state index contributed by atoms with van der Waals surface area (Å²) < 4.78 is 33.0. The van der Waals surface area contributed by atoms with Crippen molar-refractivity contribution in [3.63, 3.8) is 0 Å². The van der Waals surface area contributed by atoms with Crippen LogP contribution < -0.4 is 0 Å². The average Bonchev–Trinajstić information content (AvgIpc) is 3.30. The number of hydrogen-bond acceptors (Lipinski definition) is 3. The number of amides is 1. The van der Waals surface area contributed by atoms with Crippen molar-refractivity contribution in [2.75, 3.05) is 19.6 Å². The number of carbonyl (C=O) groups is 1. The fourth-order valence-electron chi connectivity index (χ4n) is 4.71. The van der Waals surface area contributed by atoms with E-state index in [-0.39, 0.29) is 18.1 Å². The van der Waals surface area contributed by atoms with Gasteiger partial charge in [0.25, 0.3) is 5.91 Å². The Kier molecular flexibility index (Phi) is 5.74. The number of carbonyl (C=O) groups excluding carboxylic acids is 1. The molecule has 2 aliphatic heterocycles. The van der Waals surface area contributed by atoms with E-state index in [1.165, 1.54) is 25.0 Å². The molecule has 1 atom stereocenters. The van der Waals surface area contributed by atoms with Gasteiger partial charge in [0.05, 0.1) is 6.10 Å². The topological polar surface area (TPSA) is 32.8 Å². The molecule has 1 aromatic rings. The van der Waals surface area contributed by atoms with E-state index in [9.17, 15) is 13.6 Å². The molecule has 2 saturated heterocycles. The Bertz CT molecular complexity index is 670. The Morgan fingerprint density at radius 2 is 1.74 bits per heavy atom. The zero-order valence-corrected chi connectivity index (χ0v) is 15.7. The van der Waals surface area contributed by atoms with Gasteiger partial charge in [-0.05, 0) is 31.7 Å². The van der Waals surface area contributed by atoms with Crippen molar-refractivity contribution in [2.24, 2.45) is 0 Å². The molecule has 27 heavy (non-hydrogen) atoms. The van der Waals surface area contributed by atoms with E-state index in [4.69, 9.17) is 4.74 Å². The number of halogens is 2. The van der Waals surface area contributed by atoms with Crippen LogP contribution in [0.2, 0.25) is 0 Å². The Hall–Kier alpha value is -1.53. The fourth-order valence-corrected chi connectivity index (χ4v) is 4.71. The minimum atomic E-state index is -0.545. The van der Waals surface area contributed by atoms with E-state index >= 15 is 0 Å². The summed E-state index contributed by atoms with van der Waals surface area (Å²) in [7, 11) is 0. The van der Waals surface area contributed by atoms with Gasteiger partial charge >= 0.3 is 0 Å². The third kappa shape index (κ3) is 4.32. The summed E-state index contributed by atoms with van der Waals surface area (Å²) in [6, 6.07) is 4.18. The summed E-state index contributed by atoms with van der Waals surface area (Å²) in [5.41, 5.74) is 0.522. The molecule has 4 nitrogen and oxygen atoms in total. The second kappa shape index (κ2) is 8.23. The quantitative estimate of drug-likeness (QED) is 0.786. The minimum absolute atomic E-state index is 0.0943. The van der Waals surface area contributed by atoms with Crippen molar-refractivity contribution in [2.45, 2.75) is 69.7 Å². The summed E-state index contributed by atoms with van der Waals surface area (Å²) in [4.78, 5) is 16.9. The van der Waals surface area contributed by atoms with Gasteiger partial charge in [0.1, 0.15) is 17.7 Å². The number of hydrogen-bond donors (Lipinski definition) is 0. The molecule has 6 heteroatoms. The summed E-state index contributed by atoms with van der Waals surface area (Å²) in [6.45, 7) is 2.91. The second-order valence-corrected chi connectivity index (χ2v) is 8.09. The number of benzene rings is 1. The Balaban J connectivity index is 1.24. The van der Waals surface area contributed by atoms with Crippen LogP contribution in [0, 0.1) is 11.6 Å². The summed E-state index contributed by atoms with van der Waals surface area (Å²) in [5, 5.41) is 0. The largest absolute Gasteiger partial charge is 0.365 e. The molecule has 1 aliphatic carbocycles. The highest BCUT2D eigenvalue weighted by Crippen LogP contribution is 2.29. The molecule has 0 bridgehead atoms. The van der Waals surface area contributed by atoms with Gasteiger partial charge in [-0.3, -0.25) is 9.69 Å². The zero-order chi connectivity index (χ0) is 18.8. The molecule has 1 amide bonds. The van der Waals surface area contributed by atoms with Gasteiger partial charge in [-0.2, -0.15) is 0 Å².